The van der Waals surface area contributed by atoms with Crippen LogP contribution in [0.4, 0.5) is 10.1 Å². The minimum Gasteiger partial charge on any atom is -0.487 e. The van der Waals surface area contributed by atoms with Crippen molar-refractivity contribution >= 4 is 27.7 Å². The predicted octanol–water partition coefficient (Wildman–Crippen LogP) is 1.58. The Hall–Kier alpha value is -3.14. The second-order valence-corrected chi connectivity index (χ2v) is 9.22. The highest BCUT2D eigenvalue weighted by atomic mass is 32.2. The number of amides is 2. The molecule has 0 saturated carbocycles. The third-order valence-corrected chi connectivity index (χ3v) is 6.70. The standard InChI is InChI=1S/C21H22FN3O5S/c1-13(26)23-16-8-7-15-9-18(30-12-14-5-3-2-4-6-14)21(20(22)17(15)10-16)25-11-19(27)24-31(25,28)29/h2-6,9,16H,7-8,10-12H2,1H3,(H,23,26)(H,24,27)/t16-/m1/s1. The molecule has 2 aliphatic rings. The number of rotatable bonds is 5. The van der Waals surface area contributed by atoms with Crippen LogP contribution in [-0.2, 0) is 39.2 Å². The molecule has 8 nitrogen and oxygen atoms in total. The molecule has 2 amide bonds. The summed E-state index contributed by atoms with van der Waals surface area (Å²) in [6, 6.07) is 10.6. The fourth-order valence-corrected chi connectivity index (χ4v) is 5.12. The van der Waals surface area contributed by atoms with E-state index in [0.29, 0.717) is 28.3 Å². The van der Waals surface area contributed by atoms with Crippen LogP contribution in [0.25, 0.3) is 0 Å². The molecular formula is C21H22FN3O5S. The van der Waals surface area contributed by atoms with Crippen LogP contribution in [0.5, 0.6) is 5.75 Å². The van der Waals surface area contributed by atoms with Gasteiger partial charge in [-0.05, 0) is 42.0 Å². The molecule has 1 aliphatic carbocycles. The number of carbonyl (C=O) groups is 2. The number of nitrogens with zero attached hydrogens (tertiary/aromatic N) is 1. The molecule has 31 heavy (non-hydrogen) atoms. The summed E-state index contributed by atoms with van der Waals surface area (Å²) in [5.74, 6) is -1.66. The Kier molecular flexibility index (Phi) is 5.57. The van der Waals surface area contributed by atoms with Gasteiger partial charge >= 0.3 is 10.2 Å². The summed E-state index contributed by atoms with van der Waals surface area (Å²) in [6.45, 7) is 0.969. The average Bonchev–Trinajstić information content (AvgIpc) is 2.99. The number of aryl methyl sites for hydroxylation is 1. The van der Waals surface area contributed by atoms with E-state index in [0.717, 1.165) is 5.56 Å². The Balaban J connectivity index is 1.76. The lowest BCUT2D eigenvalue weighted by Crippen LogP contribution is -2.38. The number of hydrogen-bond donors (Lipinski definition) is 2. The number of fused-ring (bicyclic) bond motifs is 1. The predicted molar refractivity (Wildman–Crippen MR) is 111 cm³/mol. The monoisotopic (exact) mass is 447 g/mol. The number of anilines is 1. The fourth-order valence-electron chi connectivity index (χ4n) is 3.96. The van der Waals surface area contributed by atoms with Crippen LogP contribution in [0.1, 0.15) is 30.0 Å². The first-order valence-electron chi connectivity index (χ1n) is 9.86. The van der Waals surface area contributed by atoms with Gasteiger partial charge in [-0.25, -0.2) is 13.4 Å². The van der Waals surface area contributed by atoms with E-state index in [1.54, 1.807) is 6.07 Å². The van der Waals surface area contributed by atoms with Crippen LogP contribution in [-0.4, -0.2) is 32.8 Å². The highest BCUT2D eigenvalue weighted by Crippen LogP contribution is 2.40. The van der Waals surface area contributed by atoms with Gasteiger partial charge in [0.05, 0.1) is 0 Å². The summed E-state index contributed by atoms with van der Waals surface area (Å²) >= 11 is 0. The molecule has 2 N–H and O–H groups in total. The number of benzene rings is 2. The molecule has 164 valence electrons. The minimum absolute atomic E-state index is 0.0538. The molecule has 0 unspecified atom stereocenters. The number of nitrogens with one attached hydrogen (secondary N) is 2. The summed E-state index contributed by atoms with van der Waals surface area (Å²) in [4.78, 5) is 23.2. The number of halogens is 1. The van der Waals surface area contributed by atoms with Gasteiger partial charge in [0, 0.05) is 13.0 Å². The van der Waals surface area contributed by atoms with Crippen molar-refractivity contribution in [3.05, 3.63) is 58.9 Å². The normalized spacial score (nSPS) is 19.5. The summed E-state index contributed by atoms with van der Waals surface area (Å²) in [6.07, 6.45) is 1.36. The molecule has 1 atom stereocenters. The van der Waals surface area contributed by atoms with Crippen LogP contribution in [0.3, 0.4) is 0 Å². The quantitative estimate of drug-likeness (QED) is 0.724. The molecule has 1 heterocycles. The number of carbonyl (C=O) groups excluding carboxylic acids is 2. The maximum Gasteiger partial charge on any atom is 0.326 e. The summed E-state index contributed by atoms with van der Waals surface area (Å²) in [5.41, 5.74) is 1.55. The van der Waals surface area contributed by atoms with Crippen molar-refractivity contribution in [2.75, 3.05) is 10.8 Å². The summed E-state index contributed by atoms with van der Waals surface area (Å²) in [7, 11) is -4.23. The third kappa shape index (κ3) is 4.34. The van der Waals surface area contributed by atoms with Gasteiger partial charge in [0.25, 0.3) is 5.91 Å². The molecular weight excluding hydrogens is 425 g/mol. The Morgan fingerprint density at radius 1 is 1.32 bits per heavy atom. The van der Waals surface area contributed by atoms with Crippen LogP contribution in [0, 0.1) is 5.82 Å². The number of hydrogen-bond acceptors (Lipinski definition) is 5. The van der Waals surface area contributed by atoms with Crippen LogP contribution < -0.4 is 19.1 Å². The van der Waals surface area contributed by atoms with E-state index in [1.807, 2.05) is 35.1 Å². The highest BCUT2D eigenvalue weighted by molar-refractivity contribution is 7.92. The molecule has 1 aliphatic heterocycles. The maximum absolute atomic E-state index is 15.7. The fraction of sp³-hybridized carbons (Fsp3) is 0.333. The van der Waals surface area contributed by atoms with Gasteiger partial charge in [0.1, 0.15) is 24.6 Å². The second-order valence-electron chi connectivity index (χ2n) is 7.63. The van der Waals surface area contributed by atoms with Crippen molar-refractivity contribution in [2.45, 2.75) is 38.8 Å². The maximum atomic E-state index is 15.7. The molecule has 2 aromatic carbocycles. The SMILES string of the molecule is CC(=O)N[C@@H]1CCc2cc(OCc3ccccc3)c(N3CC(=O)NS3(=O)=O)c(F)c2C1. The summed E-state index contributed by atoms with van der Waals surface area (Å²) in [5, 5.41) is 2.79. The Labute approximate surface area is 179 Å². The van der Waals surface area contributed by atoms with Crippen molar-refractivity contribution in [1.29, 1.82) is 0 Å². The number of ether oxygens (including phenoxy) is 1. The third-order valence-electron chi connectivity index (χ3n) is 5.33. The molecule has 0 aromatic heterocycles. The second kappa shape index (κ2) is 8.18. The first-order valence-corrected chi connectivity index (χ1v) is 11.3. The van der Waals surface area contributed by atoms with Crippen molar-refractivity contribution in [2.24, 2.45) is 0 Å². The molecule has 2 aromatic rings. The summed E-state index contributed by atoms with van der Waals surface area (Å²) < 4.78 is 49.0. The van der Waals surface area contributed by atoms with Crippen molar-refractivity contribution in [3.8, 4) is 5.75 Å². The minimum atomic E-state index is -4.23. The lowest BCUT2D eigenvalue weighted by atomic mass is 9.87. The largest absolute Gasteiger partial charge is 0.487 e. The first-order chi connectivity index (χ1) is 14.7. The van der Waals surface area contributed by atoms with Gasteiger partial charge in [0.15, 0.2) is 5.82 Å². The molecule has 1 fully saturated rings. The topological polar surface area (TPSA) is 105 Å². The van der Waals surface area contributed by atoms with E-state index in [1.165, 1.54) is 6.92 Å². The Bertz CT molecular complexity index is 1140. The lowest BCUT2D eigenvalue weighted by molar-refractivity contribution is -0.120. The van der Waals surface area contributed by atoms with Crippen LogP contribution >= 0.6 is 0 Å². The van der Waals surface area contributed by atoms with Crippen LogP contribution in [0.15, 0.2) is 36.4 Å². The zero-order valence-electron chi connectivity index (χ0n) is 16.9. The van der Waals surface area contributed by atoms with Crippen molar-refractivity contribution in [1.82, 2.24) is 10.0 Å². The van der Waals surface area contributed by atoms with Gasteiger partial charge in [-0.1, -0.05) is 30.3 Å². The lowest BCUT2D eigenvalue weighted by Gasteiger charge is -2.29. The van der Waals surface area contributed by atoms with E-state index < -0.39 is 28.5 Å². The van der Waals surface area contributed by atoms with Gasteiger partial charge in [-0.15, -0.1) is 0 Å². The van der Waals surface area contributed by atoms with E-state index in [2.05, 4.69) is 5.32 Å². The Morgan fingerprint density at radius 2 is 2.06 bits per heavy atom. The van der Waals surface area contributed by atoms with Crippen molar-refractivity contribution in [3.63, 3.8) is 0 Å². The van der Waals surface area contributed by atoms with Gasteiger partial charge in [-0.2, -0.15) is 8.42 Å². The van der Waals surface area contributed by atoms with E-state index >= 15 is 4.39 Å². The zero-order valence-corrected chi connectivity index (χ0v) is 17.7. The van der Waals surface area contributed by atoms with E-state index in [9.17, 15) is 18.0 Å². The highest BCUT2D eigenvalue weighted by Gasteiger charge is 2.39. The van der Waals surface area contributed by atoms with E-state index in [-0.39, 0.29) is 36.4 Å². The van der Waals surface area contributed by atoms with Gasteiger partial charge in [-0.3, -0.25) is 9.59 Å². The first kappa shape index (κ1) is 21.1. The smallest absolute Gasteiger partial charge is 0.326 e. The zero-order chi connectivity index (χ0) is 22.2. The molecule has 0 bridgehead atoms. The molecule has 1 saturated heterocycles. The van der Waals surface area contributed by atoms with E-state index in [4.69, 9.17) is 4.74 Å². The molecule has 10 heteroatoms. The molecule has 4 rings (SSSR count). The van der Waals surface area contributed by atoms with Gasteiger partial charge < -0.3 is 10.1 Å². The average molecular weight is 447 g/mol. The van der Waals surface area contributed by atoms with Gasteiger partial charge in [0.2, 0.25) is 5.91 Å². The van der Waals surface area contributed by atoms with Crippen LogP contribution in [0.2, 0.25) is 0 Å². The Morgan fingerprint density at radius 3 is 2.71 bits per heavy atom. The molecule has 0 radical (unpaired) electrons. The molecule has 0 spiro atoms. The van der Waals surface area contributed by atoms with Crippen molar-refractivity contribution < 1.29 is 27.1 Å².